The molecule has 29 heavy (non-hydrogen) atoms. The molecule has 1 aromatic heterocycles. The monoisotopic (exact) mass is 501 g/mol. The minimum absolute atomic E-state index is 0.255. The van der Waals surface area contributed by atoms with Crippen LogP contribution < -0.4 is 10.2 Å². The Balaban J connectivity index is 1.70. The van der Waals surface area contributed by atoms with Gasteiger partial charge in [-0.3, -0.25) is 4.79 Å². The predicted molar refractivity (Wildman–Crippen MR) is 125 cm³/mol. The molecule has 0 saturated carbocycles. The number of halogens is 1. The smallest absolute Gasteiger partial charge is 0.271 e. The number of aryl methyl sites for hydroxylation is 1. The maximum absolute atomic E-state index is 12.3. The molecule has 2 aromatic carbocycles. The van der Waals surface area contributed by atoms with E-state index in [9.17, 15) is 4.79 Å². The van der Waals surface area contributed by atoms with E-state index in [1.165, 1.54) is 3.57 Å². The predicted octanol–water partition coefficient (Wildman–Crippen LogP) is 5.25. The van der Waals surface area contributed by atoms with Gasteiger partial charge in [-0.15, -0.1) is 0 Å². The molecule has 0 aliphatic rings. The second-order valence-corrected chi connectivity index (χ2v) is 7.85. The Morgan fingerprint density at radius 1 is 1.17 bits per heavy atom. The van der Waals surface area contributed by atoms with Gasteiger partial charge >= 0.3 is 0 Å². The quantitative estimate of drug-likeness (QED) is 0.273. The lowest BCUT2D eigenvalue weighted by Gasteiger charge is -2.11. The lowest BCUT2D eigenvalue weighted by Crippen LogP contribution is -2.17. The zero-order valence-electron chi connectivity index (χ0n) is 16.8. The number of hydrogen-bond acceptors (Lipinski definition) is 3. The third-order valence-corrected chi connectivity index (χ3v) is 5.43. The van der Waals surface area contributed by atoms with Crippen LogP contribution in [0.25, 0.3) is 5.69 Å². The van der Waals surface area contributed by atoms with Crippen molar-refractivity contribution in [3.8, 4) is 11.4 Å². The highest BCUT2D eigenvalue weighted by Crippen LogP contribution is 2.23. The van der Waals surface area contributed by atoms with Crippen molar-refractivity contribution in [3.63, 3.8) is 0 Å². The van der Waals surface area contributed by atoms with Crippen LogP contribution in [0.3, 0.4) is 0 Å². The molecule has 0 aliphatic carbocycles. The third-order valence-electron chi connectivity index (χ3n) is 4.52. The fourth-order valence-electron chi connectivity index (χ4n) is 3.07. The van der Waals surface area contributed by atoms with Crippen molar-refractivity contribution in [2.24, 2.45) is 5.10 Å². The molecule has 6 heteroatoms. The second-order valence-electron chi connectivity index (χ2n) is 6.69. The number of nitrogens with one attached hydrogen (secondary N) is 1. The van der Waals surface area contributed by atoms with Crippen LogP contribution in [0, 0.1) is 17.4 Å². The number of carbonyl (C=O) groups excluding carboxylic acids is 1. The summed E-state index contributed by atoms with van der Waals surface area (Å²) in [6, 6.07) is 17.4. The first kappa shape index (κ1) is 21.1. The van der Waals surface area contributed by atoms with E-state index < -0.39 is 0 Å². The number of aromatic nitrogens is 1. The van der Waals surface area contributed by atoms with Crippen molar-refractivity contribution >= 4 is 34.7 Å². The average Bonchev–Trinajstić information content (AvgIpc) is 3.00. The summed E-state index contributed by atoms with van der Waals surface area (Å²) in [4.78, 5) is 12.3. The molecule has 0 unspecified atom stereocenters. The summed E-state index contributed by atoms with van der Waals surface area (Å²) in [7, 11) is 0. The van der Waals surface area contributed by atoms with Crippen LogP contribution in [0.4, 0.5) is 0 Å². The first-order chi connectivity index (χ1) is 14.0. The molecule has 1 N–H and O–H groups in total. The van der Waals surface area contributed by atoms with Crippen molar-refractivity contribution in [1.29, 1.82) is 0 Å². The molecule has 1 heterocycles. The van der Waals surface area contributed by atoms with Gasteiger partial charge in [0.15, 0.2) is 0 Å². The molecular weight excluding hydrogens is 477 g/mol. The molecule has 3 aromatic rings. The Hall–Kier alpha value is -2.61. The van der Waals surface area contributed by atoms with Gasteiger partial charge in [0.05, 0.1) is 18.5 Å². The zero-order valence-corrected chi connectivity index (χ0v) is 18.9. The van der Waals surface area contributed by atoms with E-state index in [1.54, 1.807) is 30.5 Å². The number of carbonyl (C=O) groups is 1. The van der Waals surface area contributed by atoms with Crippen LogP contribution >= 0.6 is 22.6 Å². The molecule has 0 fully saturated rings. The van der Waals surface area contributed by atoms with Gasteiger partial charge in [-0.1, -0.05) is 19.1 Å². The Morgan fingerprint density at radius 3 is 2.59 bits per heavy atom. The van der Waals surface area contributed by atoms with Crippen molar-refractivity contribution in [2.45, 2.75) is 27.2 Å². The lowest BCUT2D eigenvalue weighted by molar-refractivity contribution is 0.0955. The first-order valence-electron chi connectivity index (χ1n) is 9.51. The molecule has 0 spiro atoms. The summed E-state index contributed by atoms with van der Waals surface area (Å²) in [6.07, 6.45) is 2.63. The average molecular weight is 501 g/mol. The van der Waals surface area contributed by atoms with Crippen LogP contribution in [-0.2, 0) is 0 Å². The van der Waals surface area contributed by atoms with Gasteiger partial charge < -0.3 is 9.30 Å². The highest BCUT2D eigenvalue weighted by Gasteiger charge is 2.11. The highest BCUT2D eigenvalue weighted by atomic mass is 127. The Kier molecular flexibility index (Phi) is 7.09. The largest absolute Gasteiger partial charge is 0.494 e. The zero-order chi connectivity index (χ0) is 20.8. The fourth-order valence-corrected chi connectivity index (χ4v) is 3.70. The van der Waals surface area contributed by atoms with Gasteiger partial charge in [0.1, 0.15) is 5.75 Å². The Morgan fingerprint density at radius 2 is 1.90 bits per heavy atom. The lowest BCUT2D eigenvalue weighted by atomic mass is 10.2. The number of benzene rings is 2. The van der Waals surface area contributed by atoms with Crippen LogP contribution in [0.2, 0.25) is 0 Å². The molecule has 0 saturated heterocycles. The summed E-state index contributed by atoms with van der Waals surface area (Å²) < 4.78 is 8.91. The van der Waals surface area contributed by atoms with E-state index in [0.29, 0.717) is 12.2 Å². The number of hydrazone groups is 1. The van der Waals surface area contributed by atoms with Crippen LogP contribution in [0.5, 0.6) is 5.75 Å². The SMILES string of the molecule is CCCOc1ccc(C(=O)N/N=C/c2cc(C)n(-c3ccccc3I)c2C)cc1. The number of amides is 1. The minimum Gasteiger partial charge on any atom is -0.494 e. The molecule has 1 amide bonds. The standard InChI is InChI=1S/C23H24IN3O2/c1-4-13-29-20-11-9-18(10-12-20)23(28)26-25-15-19-14-16(2)27(17(19)3)22-8-6-5-7-21(22)24/h5-12,14-15H,4,13H2,1-3H3,(H,26,28)/b25-15+. The first-order valence-corrected chi connectivity index (χ1v) is 10.6. The van der Waals surface area contributed by atoms with Crippen molar-refractivity contribution in [1.82, 2.24) is 9.99 Å². The van der Waals surface area contributed by atoms with Gasteiger partial charge in [0.2, 0.25) is 0 Å². The van der Waals surface area contributed by atoms with Crippen molar-refractivity contribution in [3.05, 3.63) is 80.7 Å². The van der Waals surface area contributed by atoms with Gasteiger partial charge in [0, 0.05) is 26.1 Å². The Labute approximate surface area is 184 Å². The minimum atomic E-state index is -0.255. The topological polar surface area (TPSA) is 55.6 Å². The molecule has 0 aliphatic heterocycles. The van der Waals surface area contributed by atoms with E-state index in [-0.39, 0.29) is 5.91 Å². The van der Waals surface area contributed by atoms with E-state index in [1.807, 2.05) is 19.1 Å². The highest BCUT2D eigenvalue weighted by molar-refractivity contribution is 14.1. The van der Waals surface area contributed by atoms with E-state index >= 15 is 0 Å². The fraction of sp³-hybridized carbons (Fsp3) is 0.217. The summed E-state index contributed by atoms with van der Waals surface area (Å²) in [5.41, 5.74) is 7.42. The number of ether oxygens (including phenoxy) is 1. The molecule has 0 atom stereocenters. The summed E-state index contributed by atoms with van der Waals surface area (Å²) in [5, 5.41) is 4.15. The maximum atomic E-state index is 12.3. The van der Waals surface area contributed by atoms with Crippen molar-refractivity contribution < 1.29 is 9.53 Å². The number of para-hydroxylation sites is 1. The van der Waals surface area contributed by atoms with E-state index in [0.717, 1.165) is 34.8 Å². The normalized spacial score (nSPS) is 11.0. The summed E-state index contributed by atoms with van der Waals surface area (Å²) in [6.45, 7) is 6.83. The van der Waals surface area contributed by atoms with Gasteiger partial charge in [0.25, 0.3) is 5.91 Å². The van der Waals surface area contributed by atoms with E-state index in [4.69, 9.17) is 4.74 Å². The van der Waals surface area contributed by atoms with Crippen LogP contribution in [-0.4, -0.2) is 23.3 Å². The third kappa shape index (κ3) is 5.06. The number of rotatable bonds is 7. The van der Waals surface area contributed by atoms with Gasteiger partial charge in [-0.2, -0.15) is 5.10 Å². The molecule has 5 nitrogen and oxygen atoms in total. The molecule has 0 bridgehead atoms. The van der Waals surface area contributed by atoms with Crippen LogP contribution in [0.15, 0.2) is 59.7 Å². The van der Waals surface area contributed by atoms with E-state index in [2.05, 4.69) is 69.7 Å². The number of hydrogen-bond donors (Lipinski definition) is 1. The second kappa shape index (κ2) is 9.73. The van der Waals surface area contributed by atoms with Gasteiger partial charge in [-0.05, 0) is 85.3 Å². The molecule has 0 radical (unpaired) electrons. The van der Waals surface area contributed by atoms with Crippen molar-refractivity contribution in [2.75, 3.05) is 6.61 Å². The van der Waals surface area contributed by atoms with Crippen LogP contribution in [0.1, 0.15) is 40.7 Å². The number of nitrogens with zero attached hydrogens (tertiary/aromatic N) is 2. The summed E-state index contributed by atoms with van der Waals surface area (Å²) in [5.74, 6) is 0.504. The molecule has 150 valence electrons. The molecule has 3 rings (SSSR count). The summed E-state index contributed by atoms with van der Waals surface area (Å²) >= 11 is 2.34. The Bertz CT molecular complexity index is 1020. The van der Waals surface area contributed by atoms with Gasteiger partial charge in [-0.25, -0.2) is 5.43 Å². The molecular formula is C23H24IN3O2. The maximum Gasteiger partial charge on any atom is 0.271 e.